The van der Waals surface area contributed by atoms with E-state index in [1.165, 1.54) is 58.8 Å². The Balaban J connectivity index is 0.000000211. The van der Waals surface area contributed by atoms with Crippen LogP contribution >= 0.6 is 0 Å². The van der Waals surface area contributed by atoms with Crippen LogP contribution in [0.25, 0.3) is 22.3 Å². The zero-order valence-corrected chi connectivity index (χ0v) is 53.8. The van der Waals surface area contributed by atoms with Gasteiger partial charge in [-0.15, -0.1) is 0 Å². The van der Waals surface area contributed by atoms with Crippen molar-refractivity contribution >= 4 is 52.1 Å². The number of benzene rings is 11. The van der Waals surface area contributed by atoms with Gasteiger partial charge in [-0.2, -0.15) is 0 Å². The predicted molar refractivity (Wildman–Crippen MR) is 314 cm³/mol. The first-order valence-electron chi connectivity index (χ1n) is 26.5. The van der Waals surface area contributed by atoms with Crippen molar-refractivity contribution < 1.29 is 126 Å². The molecule has 0 radical (unpaired) electrons. The molecule has 0 amide bonds. The summed E-state index contributed by atoms with van der Waals surface area (Å²) < 4.78 is 282. The Morgan fingerprint density at radius 3 is 0.552 bits per heavy atom. The maximum atomic E-state index is 12.6. The second-order valence-corrected chi connectivity index (χ2v) is 30.1. The predicted octanol–water partition coefficient (Wildman–Crippen LogP) is 13.2. The topological polar surface area (TPSA) is 172 Å². The van der Waals surface area contributed by atoms with Crippen LogP contribution in [0.5, 0.6) is 0 Å². The number of halogens is 16. The highest BCUT2D eigenvalue weighted by molar-refractivity contribution is 7.97. The third-order valence-electron chi connectivity index (χ3n) is 12.9. The van der Waals surface area contributed by atoms with Crippen LogP contribution in [0.2, 0.25) is 0 Å². The molecular weight excluding hydrogens is 1510 g/mol. The Bertz CT molecular complexity index is 4410. The van der Waals surface area contributed by atoms with Gasteiger partial charge in [0.05, 0.1) is 21.8 Å². The van der Waals surface area contributed by atoms with E-state index < -0.39 is 132 Å². The minimum atomic E-state index is -5.77. The van der Waals surface area contributed by atoms with E-state index in [4.69, 9.17) is 0 Å². The molecule has 11 aromatic carbocycles. The minimum Gasteiger partial charge on any atom is -0.744 e. The van der Waals surface area contributed by atoms with Crippen molar-refractivity contribution in [1.82, 2.24) is 0 Å². The van der Waals surface area contributed by atoms with Gasteiger partial charge in [0, 0.05) is 0 Å². The second-order valence-electron chi connectivity index (χ2n) is 19.1. The van der Waals surface area contributed by atoms with Gasteiger partial charge in [-0.1, -0.05) is 72.8 Å². The van der Waals surface area contributed by atoms with Crippen LogP contribution in [0.1, 0.15) is 0 Å². The van der Waals surface area contributed by atoms with Crippen LogP contribution in [0, 0.1) is 94.4 Å². The van der Waals surface area contributed by atoms with E-state index in [1.54, 1.807) is 0 Å². The molecule has 11 rings (SSSR count). The third kappa shape index (κ3) is 17.0. The summed E-state index contributed by atoms with van der Waals surface area (Å²) in [6.45, 7) is 0. The average Bonchev–Trinajstić information content (AvgIpc) is 0.800. The van der Waals surface area contributed by atoms with Crippen molar-refractivity contribution in [2.75, 3.05) is 0 Å². The van der Waals surface area contributed by atoms with Crippen molar-refractivity contribution in [2.45, 2.75) is 44.1 Å². The fourth-order valence-corrected chi connectivity index (χ4v) is 16.7. The van der Waals surface area contributed by atoms with Gasteiger partial charge in [-0.05, 0) is 168 Å². The van der Waals surface area contributed by atoms with Gasteiger partial charge in [0.1, 0.15) is 45.0 Å². The summed E-state index contributed by atoms with van der Waals surface area (Å²) in [5.41, 5.74) is 5.02. The van der Waals surface area contributed by atoms with Crippen LogP contribution in [-0.4, -0.2) is 38.9 Å². The van der Waals surface area contributed by atoms with Gasteiger partial charge in [0.2, 0.25) is 17.5 Å². The van der Waals surface area contributed by atoms with Crippen LogP contribution in [0.3, 0.4) is 0 Å². The summed E-state index contributed by atoms with van der Waals surface area (Å²) in [6.07, 6.45) is 0. The van der Waals surface area contributed by atoms with Crippen LogP contribution in [0.15, 0.2) is 262 Å². The van der Waals surface area contributed by atoms with E-state index in [-0.39, 0.29) is 43.0 Å². The zero-order chi connectivity index (χ0) is 70.1. The lowest BCUT2D eigenvalue weighted by Gasteiger charge is -2.10. The lowest BCUT2D eigenvalue weighted by molar-refractivity contribution is -0.597. The summed E-state index contributed by atoms with van der Waals surface area (Å²) in [5, 5.41) is 0. The van der Waals surface area contributed by atoms with Gasteiger partial charge < -0.3 is 13.7 Å². The smallest absolute Gasteiger partial charge is 0.357 e. The maximum absolute atomic E-state index is 12.6. The summed E-state index contributed by atoms with van der Waals surface area (Å²) in [7, 11) is -17.6. The molecule has 496 valence electrons. The molecule has 0 bridgehead atoms. The first kappa shape index (κ1) is 73.3. The standard InChI is InChI=1S/C48H36IS2.3C6HF5O3S/c1-5-13-43(14-6-1)50(44-15-7-2-8-16-44)47-33-25-39(26-34-47)37-21-29-41(30-22-37)49-42-31-23-38(24-32-42)40-27-35-48(36-28-40)51(45-17-9-3-10-18-45)46-19-11-4-12-20-46;3*7-1-2(8)4(10)6(15(12,13)14)5(11)3(1)9/h1-36H;3*(H,12,13,14)/q+3;;;/p-3. The quantitative estimate of drug-likeness (QED) is 0.0272. The number of hydrogen-bond acceptors (Lipinski definition) is 9. The molecule has 0 N–H and O–H groups in total. The summed E-state index contributed by atoms with van der Waals surface area (Å²) in [4.78, 5) is 0.901. The molecule has 11 aromatic rings. The van der Waals surface area contributed by atoms with Crippen molar-refractivity contribution in [1.29, 1.82) is 0 Å². The Labute approximate surface area is 553 Å². The molecule has 0 aliphatic heterocycles. The van der Waals surface area contributed by atoms with E-state index >= 15 is 0 Å². The van der Waals surface area contributed by atoms with Gasteiger partial charge in [-0.25, -0.2) is 91.1 Å². The van der Waals surface area contributed by atoms with E-state index in [1.807, 2.05) is 0 Å². The Morgan fingerprint density at radius 1 is 0.219 bits per heavy atom. The largest absolute Gasteiger partial charge is 0.744 e. The van der Waals surface area contributed by atoms with Crippen molar-refractivity contribution in [3.8, 4) is 22.3 Å². The third-order valence-corrected chi connectivity index (χ3v) is 22.6. The van der Waals surface area contributed by atoms with Gasteiger partial charge in [0.15, 0.2) is 106 Å². The van der Waals surface area contributed by atoms with Crippen LogP contribution < -0.4 is 21.2 Å². The molecule has 0 atom stereocenters. The molecule has 0 unspecified atom stereocenters. The highest BCUT2D eigenvalue weighted by atomic mass is 127. The van der Waals surface area contributed by atoms with E-state index in [9.17, 15) is 105 Å². The van der Waals surface area contributed by atoms with Crippen LogP contribution in [0.4, 0.5) is 65.9 Å². The molecule has 0 aliphatic carbocycles. The SMILES string of the molecule is O=S(=O)([O-])c1c(F)c(F)c(F)c(F)c1F.O=S(=O)([O-])c1c(F)c(F)c(F)c(F)c1F.O=S(=O)([O-])c1c(F)c(F)c(F)c(F)c1F.c1ccc([S+](c2ccccc2)c2ccc(-c3ccc([I+]c4ccc(-c5ccc([S+](c6ccccc6)c6ccccc6)cc5)cc4)cc3)cc2)cc1. The van der Waals surface area contributed by atoms with E-state index in [2.05, 4.69) is 218 Å². The lowest BCUT2D eigenvalue weighted by atomic mass is 10.1. The molecule has 0 fully saturated rings. The van der Waals surface area contributed by atoms with Crippen molar-refractivity contribution in [3.05, 3.63) is 313 Å². The van der Waals surface area contributed by atoms with E-state index in [0.717, 1.165) is 0 Å². The van der Waals surface area contributed by atoms with Crippen molar-refractivity contribution in [3.63, 3.8) is 0 Å². The first-order chi connectivity index (χ1) is 45.3. The average molecular weight is 1550 g/mol. The molecule has 9 nitrogen and oxygen atoms in total. The monoisotopic (exact) mass is 1540 g/mol. The summed E-state index contributed by atoms with van der Waals surface area (Å²) in [5.74, 6) is -38.5. The van der Waals surface area contributed by atoms with Gasteiger partial charge in [0.25, 0.3) is 0 Å². The zero-order valence-electron chi connectivity index (χ0n) is 47.5. The fraction of sp³-hybridized carbons (Fsp3) is 0. The Morgan fingerprint density at radius 2 is 0.375 bits per heavy atom. The molecule has 0 spiro atoms. The first-order valence-corrected chi connectivity index (χ1v) is 35.3. The Hall–Kier alpha value is -8.47. The lowest BCUT2D eigenvalue weighted by Crippen LogP contribution is -3.61. The molecule has 0 saturated carbocycles. The maximum Gasteiger partial charge on any atom is 0.357 e. The van der Waals surface area contributed by atoms with Crippen LogP contribution in [-0.2, 0) is 52.1 Å². The number of hydrogen-bond donors (Lipinski definition) is 0. The fourth-order valence-electron chi connectivity index (χ4n) is 8.56. The normalized spacial score (nSPS) is 11.5. The molecule has 0 aliphatic rings. The molecule has 0 aromatic heterocycles. The van der Waals surface area contributed by atoms with E-state index in [0.29, 0.717) is 0 Å². The van der Waals surface area contributed by atoms with Crippen molar-refractivity contribution in [2.24, 2.45) is 0 Å². The molecular formula is C66H36F15IO9S5. The molecule has 0 heterocycles. The highest BCUT2D eigenvalue weighted by Crippen LogP contribution is 2.36. The molecule has 30 heteroatoms. The summed E-state index contributed by atoms with van der Waals surface area (Å²) in [6, 6.07) is 80.1. The van der Waals surface area contributed by atoms with Gasteiger partial charge in [-0.3, -0.25) is 0 Å². The number of rotatable bonds is 13. The molecule has 0 saturated heterocycles. The highest BCUT2D eigenvalue weighted by Gasteiger charge is 2.34. The molecule has 96 heavy (non-hydrogen) atoms. The second kappa shape index (κ2) is 31.2. The minimum absolute atomic E-state index is 0.133. The van der Waals surface area contributed by atoms with Gasteiger partial charge >= 0.3 is 21.2 Å². The Kier molecular flexibility index (Phi) is 23.8. The summed E-state index contributed by atoms with van der Waals surface area (Å²) >= 11 is -0.268.